The monoisotopic (exact) mass is 260 g/mol. The Bertz CT molecular complexity index is 478. The Kier molecular flexibility index (Phi) is 3.50. The fourth-order valence-electron chi connectivity index (χ4n) is 2.05. The van der Waals surface area contributed by atoms with Gasteiger partial charge in [0.1, 0.15) is 5.75 Å². The number of hydrogen-bond donors (Lipinski definition) is 1. The zero-order valence-electron chi connectivity index (χ0n) is 12.1. The Hall–Kier alpha value is -1.26. The summed E-state index contributed by atoms with van der Waals surface area (Å²) in [4.78, 5) is 0. The van der Waals surface area contributed by atoms with E-state index in [0.717, 1.165) is 11.0 Å². The third-order valence-electron chi connectivity index (χ3n) is 3.99. The smallest absolute Gasteiger partial charge is 0.494 e. The second-order valence-electron chi connectivity index (χ2n) is 5.97. The number of benzene rings is 1. The molecule has 1 heterocycles. The molecule has 0 amide bonds. The molecule has 3 nitrogen and oxygen atoms in total. The van der Waals surface area contributed by atoms with Crippen molar-refractivity contribution < 1.29 is 14.4 Å². The van der Waals surface area contributed by atoms with Crippen molar-refractivity contribution in [2.45, 2.75) is 45.3 Å². The number of hydrogen-bond acceptors (Lipinski definition) is 3. The van der Waals surface area contributed by atoms with Gasteiger partial charge in [-0.15, -0.1) is 6.58 Å². The number of phenolic OH excluding ortho intramolecular Hbond substituents is 1. The molecule has 1 fully saturated rings. The van der Waals surface area contributed by atoms with Gasteiger partial charge in [-0.1, -0.05) is 18.2 Å². The van der Waals surface area contributed by atoms with Crippen molar-refractivity contribution >= 4 is 12.6 Å². The van der Waals surface area contributed by atoms with Gasteiger partial charge in [0.2, 0.25) is 0 Å². The van der Waals surface area contributed by atoms with Gasteiger partial charge in [0.15, 0.2) is 0 Å². The minimum atomic E-state index is -0.394. The summed E-state index contributed by atoms with van der Waals surface area (Å²) < 4.78 is 12.0. The van der Waals surface area contributed by atoms with Gasteiger partial charge >= 0.3 is 7.12 Å². The molecule has 1 saturated heterocycles. The van der Waals surface area contributed by atoms with Crippen LogP contribution in [0, 0.1) is 0 Å². The first-order valence-corrected chi connectivity index (χ1v) is 6.55. The van der Waals surface area contributed by atoms with Crippen LogP contribution in [-0.4, -0.2) is 23.4 Å². The third kappa shape index (κ3) is 2.56. The van der Waals surface area contributed by atoms with Crippen molar-refractivity contribution in [3.8, 4) is 5.75 Å². The van der Waals surface area contributed by atoms with Crippen LogP contribution in [0.4, 0.5) is 0 Å². The lowest BCUT2D eigenvalue weighted by Gasteiger charge is -2.32. The Morgan fingerprint density at radius 2 is 1.79 bits per heavy atom. The minimum Gasteiger partial charge on any atom is -0.508 e. The summed E-state index contributed by atoms with van der Waals surface area (Å²) in [7, 11) is -0.394. The summed E-state index contributed by atoms with van der Waals surface area (Å²) in [6.45, 7) is 11.8. The molecule has 1 aromatic rings. The molecule has 0 unspecified atom stereocenters. The number of allylic oxidation sites excluding steroid dienone is 1. The highest BCUT2D eigenvalue weighted by Gasteiger charge is 2.51. The fourth-order valence-corrected chi connectivity index (χ4v) is 2.05. The molecule has 1 N–H and O–H groups in total. The molecule has 0 atom stereocenters. The average Bonchev–Trinajstić information content (AvgIpc) is 2.51. The Balaban J connectivity index is 2.29. The number of phenols is 1. The molecule has 1 aliphatic rings. The molecule has 1 aromatic carbocycles. The molecule has 0 spiro atoms. The van der Waals surface area contributed by atoms with Gasteiger partial charge in [0, 0.05) is 0 Å². The maximum Gasteiger partial charge on any atom is 0.494 e. The molecular formula is C15H21BO3. The summed E-state index contributed by atoms with van der Waals surface area (Å²) in [6, 6.07) is 5.43. The van der Waals surface area contributed by atoms with E-state index in [1.165, 1.54) is 0 Å². The van der Waals surface area contributed by atoms with E-state index in [2.05, 4.69) is 6.58 Å². The summed E-state index contributed by atoms with van der Waals surface area (Å²) in [5, 5.41) is 9.78. The summed E-state index contributed by atoms with van der Waals surface area (Å²) in [6.07, 6.45) is 2.39. The van der Waals surface area contributed by atoms with Crippen LogP contribution in [0.25, 0.3) is 0 Å². The van der Waals surface area contributed by atoms with Gasteiger partial charge in [-0.2, -0.15) is 0 Å². The van der Waals surface area contributed by atoms with E-state index < -0.39 is 7.12 Å². The highest BCUT2D eigenvalue weighted by Crippen LogP contribution is 2.36. The topological polar surface area (TPSA) is 38.7 Å². The van der Waals surface area contributed by atoms with Gasteiger partial charge in [-0.3, -0.25) is 0 Å². The maximum atomic E-state index is 9.78. The molecule has 102 valence electrons. The maximum absolute atomic E-state index is 9.78. The lowest BCUT2D eigenvalue weighted by molar-refractivity contribution is 0.00578. The van der Waals surface area contributed by atoms with E-state index in [4.69, 9.17) is 9.31 Å². The van der Waals surface area contributed by atoms with Gasteiger partial charge in [0.05, 0.1) is 11.2 Å². The lowest BCUT2D eigenvalue weighted by Crippen LogP contribution is -2.41. The van der Waals surface area contributed by atoms with Crippen LogP contribution < -0.4 is 5.46 Å². The van der Waals surface area contributed by atoms with E-state index in [1.807, 2.05) is 39.8 Å². The van der Waals surface area contributed by atoms with Crippen LogP contribution in [-0.2, 0) is 15.7 Å². The van der Waals surface area contributed by atoms with Gasteiger partial charge < -0.3 is 14.4 Å². The molecule has 1 aliphatic heterocycles. The van der Waals surface area contributed by atoms with Crippen molar-refractivity contribution in [1.29, 1.82) is 0 Å². The molecular weight excluding hydrogens is 239 g/mol. The predicted octanol–water partition coefficient (Wildman–Crippen LogP) is 2.42. The quantitative estimate of drug-likeness (QED) is 0.670. The Morgan fingerprint density at radius 1 is 1.21 bits per heavy atom. The zero-order valence-corrected chi connectivity index (χ0v) is 12.1. The van der Waals surface area contributed by atoms with Gasteiger partial charge in [0.25, 0.3) is 0 Å². The zero-order chi connectivity index (χ0) is 14.3. The van der Waals surface area contributed by atoms with Crippen molar-refractivity contribution in [2.24, 2.45) is 0 Å². The molecule has 19 heavy (non-hydrogen) atoms. The minimum absolute atomic E-state index is 0.278. The van der Waals surface area contributed by atoms with E-state index in [-0.39, 0.29) is 17.0 Å². The van der Waals surface area contributed by atoms with Gasteiger partial charge in [-0.05, 0) is 51.2 Å². The third-order valence-corrected chi connectivity index (χ3v) is 3.99. The molecule has 4 heteroatoms. The highest BCUT2D eigenvalue weighted by atomic mass is 16.7. The highest BCUT2D eigenvalue weighted by molar-refractivity contribution is 6.62. The van der Waals surface area contributed by atoms with E-state index in [0.29, 0.717) is 6.42 Å². The van der Waals surface area contributed by atoms with Crippen LogP contribution in [0.5, 0.6) is 5.75 Å². The van der Waals surface area contributed by atoms with Gasteiger partial charge in [-0.25, -0.2) is 0 Å². The second kappa shape index (κ2) is 4.69. The second-order valence-corrected chi connectivity index (χ2v) is 5.97. The SMILES string of the molecule is C=CCc1cc(B2OC(C)(C)C(C)(C)O2)ccc1O. The predicted molar refractivity (Wildman–Crippen MR) is 77.7 cm³/mol. The Labute approximate surface area is 115 Å². The fraction of sp³-hybridized carbons (Fsp3) is 0.467. The molecule has 0 aromatic heterocycles. The number of rotatable bonds is 3. The van der Waals surface area contributed by atoms with Crippen LogP contribution in [0.3, 0.4) is 0 Å². The van der Waals surface area contributed by atoms with Crippen LogP contribution in [0.1, 0.15) is 33.3 Å². The standard InChI is InChI=1S/C15H21BO3/c1-6-7-11-10-12(8-9-13(11)17)16-18-14(2,3)15(4,5)19-16/h6,8-10,17H,1,7H2,2-5H3. The van der Waals surface area contributed by atoms with E-state index in [9.17, 15) is 5.11 Å². The average molecular weight is 260 g/mol. The van der Waals surface area contributed by atoms with Crippen LogP contribution in [0.15, 0.2) is 30.9 Å². The first kappa shape index (κ1) is 14.2. The van der Waals surface area contributed by atoms with Crippen LogP contribution in [0.2, 0.25) is 0 Å². The van der Waals surface area contributed by atoms with Crippen molar-refractivity contribution in [1.82, 2.24) is 0 Å². The summed E-state index contributed by atoms with van der Waals surface area (Å²) in [5.41, 5.74) is 1.05. The molecule has 0 saturated carbocycles. The first-order valence-electron chi connectivity index (χ1n) is 6.55. The summed E-state index contributed by atoms with van der Waals surface area (Å²) in [5.74, 6) is 0.278. The van der Waals surface area contributed by atoms with Crippen molar-refractivity contribution in [2.75, 3.05) is 0 Å². The first-order chi connectivity index (χ1) is 8.77. The normalized spacial score (nSPS) is 20.5. The molecule has 0 aliphatic carbocycles. The van der Waals surface area contributed by atoms with E-state index >= 15 is 0 Å². The number of aromatic hydroxyl groups is 1. The molecule has 0 radical (unpaired) electrons. The molecule has 0 bridgehead atoms. The lowest BCUT2D eigenvalue weighted by atomic mass is 9.78. The van der Waals surface area contributed by atoms with Crippen molar-refractivity contribution in [3.05, 3.63) is 36.4 Å². The largest absolute Gasteiger partial charge is 0.508 e. The summed E-state index contributed by atoms with van der Waals surface area (Å²) >= 11 is 0. The van der Waals surface area contributed by atoms with Crippen LogP contribution >= 0.6 is 0 Å². The van der Waals surface area contributed by atoms with Crippen molar-refractivity contribution in [3.63, 3.8) is 0 Å². The van der Waals surface area contributed by atoms with E-state index in [1.54, 1.807) is 12.1 Å². The molecule has 2 rings (SSSR count). The Morgan fingerprint density at radius 3 is 2.32 bits per heavy atom.